The van der Waals surface area contributed by atoms with E-state index in [1.54, 1.807) is 18.2 Å². The number of phenolic OH excluding ortho intramolecular Hbond substituents is 1. The molecule has 102 valence electrons. The van der Waals surface area contributed by atoms with E-state index in [9.17, 15) is 14.7 Å². The molecule has 0 aliphatic rings. The Kier molecular flexibility index (Phi) is 3.95. The number of amides is 1. The van der Waals surface area contributed by atoms with E-state index < -0.39 is 11.9 Å². The Morgan fingerprint density at radius 1 is 1.10 bits per heavy atom. The molecule has 1 amide bonds. The fraction of sp³-hybridized carbons (Fsp3) is 0.0714. The molecule has 6 nitrogen and oxygen atoms in total. The number of aromatic hydroxyl groups is 1. The minimum Gasteiger partial charge on any atom is -0.506 e. The zero-order valence-electron chi connectivity index (χ0n) is 10.7. The van der Waals surface area contributed by atoms with Gasteiger partial charge in [0.25, 0.3) is 5.91 Å². The predicted octanol–water partition coefficient (Wildman–Crippen LogP) is 1.83. The number of esters is 1. The molecule has 1 heterocycles. The summed E-state index contributed by atoms with van der Waals surface area (Å²) < 4.78 is 4.54. The second-order valence-electron chi connectivity index (χ2n) is 3.87. The van der Waals surface area contributed by atoms with Gasteiger partial charge in [0.15, 0.2) is 0 Å². The van der Waals surface area contributed by atoms with Crippen LogP contribution in [0.25, 0.3) is 0 Å². The number of nitrogens with zero attached hydrogens (tertiary/aromatic N) is 1. The Morgan fingerprint density at radius 2 is 1.80 bits per heavy atom. The first-order valence-corrected chi connectivity index (χ1v) is 5.76. The van der Waals surface area contributed by atoms with E-state index in [2.05, 4.69) is 15.0 Å². The molecular weight excluding hydrogens is 260 g/mol. The average molecular weight is 272 g/mol. The fourth-order valence-electron chi connectivity index (χ4n) is 1.55. The van der Waals surface area contributed by atoms with Gasteiger partial charge in [0, 0.05) is 0 Å². The molecule has 0 radical (unpaired) electrons. The van der Waals surface area contributed by atoms with Crippen LogP contribution >= 0.6 is 0 Å². The number of anilines is 1. The van der Waals surface area contributed by atoms with Crippen LogP contribution in [0.2, 0.25) is 0 Å². The van der Waals surface area contributed by atoms with Gasteiger partial charge < -0.3 is 15.2 Å². The molecule has 1 aromatic heterocycles. The van der Waals surface area contributed by atoms with E-state index in [4.69, 9.17) is 0 Å². The van der Waals surface area contributed by atoms with Crippen LogP contribution in [0.15, 0.2) is 42.5 Å². The molecule has 0 fully saturated rings. The number of para-hydroxylation sites is 2. The maximum atomic E-state index is 12.0. The number of aromatic nitrogens is 1. The second kappa shape index (κ2) is 5.83. The van der Waals surface area contributed by atoms with Crippen molar-refractivity contribution in [2.75, 3.05) is 12.4 Å². The van der Waals surface area contributed by atoms with Crippen molar-refractivity contribution in [2.24, 2.45) is 0 Å². The van der Waals surface area contributed by atoms with Crippen molar-refractivity contribution >= 4 is 17.6 Å². The SMILES string of the molecule is COC(=O)c1cccc(C(=O)Nc2ccccc2O)n1. The number of benzene rings is 1. The smallest absolute Gasteiger partial charge is 0.356 e. The van der Waals surface area contributed by atoms with Gasteiger partial charge in [-0.25, -0.2) is 9.78 Å². The summed E-state index contributed by atoms with van der Waals surface area (Å²) in [7, 11) is 1.23. The van der Waals surface area contributed by atoms with Crippen LogP contribution in [-0.2, 0) is 4.74 Å². The van der Waals surface area contributed by atoms with E-state index in [1.807, 2.05) is 0 Å². The van der Waals surface area contributed by atoms with E-state index in [-0.39, 0.29) is 22.8 Å². The van der Waals surface area contributed by atoms with Gasteiger partial charge in [-0.3, -0.25) is 4.79 Å². The number of ether oxygens (including phenoxy) is 1. The highest BCUT2D eigenvalue weighted by Gasteiger charge is 2.13. The molecule has 0 unspecified atom stereocenters. The van der Waals surface area contributed by atoms with Crippen molar-refractivity contribution in [1.29, 1.82) is 0 Å². The van der Waals surface area contributed by atoms with E-state index in [0.29, 0.717) is 0 Å². The van der Waals surface area contributed by atoms with Gasteiger partial charge >= 0.3 is 5.97 Å². The van der Waals surface area contributed by atoms with E-state index >= 15 is 0 Å². The number of pyridine rings is 1. The van der Waals surface area contributed by atoms with Crippen LogP contribution in [0.4, 0.5) is 5.69 Å². The van der Waals surface area contributed by atoms with Crippen molar-refractivity contribution in [3.8, 4) is 5.75 Å². The Labute approximate surface area is 115 Å². The van der Waals surface area contributed by atoms with Gasteiger partial charge in [-0.05, 0) is 24.3 Å². The number of hydrogen-bond donors (Lipinski definition) is 2. The molecule has 6 heteroatoms. The molecule has 0 aliphatic heterocycles. The molecule has 0 atom stereocenters. The second-order valence-corrected chi connectivity index (χ2v) is 3.87. The zero-order chi connectivity index (χ0) is 14.5. The lowest BCUT2D eigenvalue weighted by molar-refractivity contribution is 0.0594. The molecule has 2 aromatic rings. The van der Waals surface area contributed by atoms with Crippen LogP contribution in [0.1, 0.15) is 21.0 Å². The van der Waals surface area contributed by atoms with Gasteiger partial charge in [-0.1, -0.05) is 18.2 Å². The number of methoxy groups -OCH3 is 1. The summed E-state index contributed by atoms with van der Waals surface area (Å²) in [4.78, 5) is 27.2. The third kappa shape index (κ3) is 2.92. The molecule has 0 saturated heterocycles. The lowest BCUT2D eigenvalue weighted by atomic mass is 10.2. The zero-order valence-corrected chi connectivity index (χ0v) is 10.7. The molecule has 20 heavy (non-hydrogen) atoms. The molecule has 0 bridgehead atoms. The van der Waals surface area contributed by atoms with Crippen LogP contribution in [0, 0.1) is 0 Å². The van der Waals surface area contributed by atoms with Crippen molar-refractivity contribution in [2.45, 2.75) is 0 Å². The highest BCUT2D eigenvalue weighted by Crippen LogP contribution is 2.21. The van der Waals surface area contributed by atoms with Gasteiger partial charge in [0.1, 0.15) is 17.1 Å². The van der Waals surface area contributed by atoms with Crippen molar-refractivity contribution in [1.82, 2.24) is 4.98 Å². The molecule has 1 aromatic carbocycles. The normalized spacial score (nSPS) is 9.85. The Bertz CT molecular complexity index is 655. The van der Waals surface area contributed by atoms with Crippen LogP contribution in [-0.4, -0.2) is 29.1 Å². The number of carbonyl (C=O) groups excluding carboxylic acids is 2. The van der Waals surface area contributed by atoms with Crippen molar-refractivity contribution < 1.29 is 19.4 Å². The van der Waals surface area contributed by atoms with E-state index in [1.165, 1.54) is 31.4 Å². The summed E-state index contributed by atoms with van der Waals surface area (Å²) in [5, 5.41) is 12.1. The molecule has 0 aliphatic carbocycles. The van der Waals surface area contributed by atoms with Crippen molar-refractivity contribution in [3.63, 3.8) is 0 Å². The van der Waals surface area contributed by atoms with Gasteiger partial charge in [0.2, 0.25) is 0 Å². The Hall–Kier alpha value is -2.89. The van der Waals surface area contributed by atoms with Gasteiger partial charge in [-0.15, -0.1) is 0 Å². The summed E-state index contributed by atoms with van der Waals surface area (Å²) in [5.41, 5.74) is 0.358. The van der Waals surface area contributed by atoms with E-state index in [0.717, 1.165) is 0 Å². The Morgan fingerprint density at radius 3 is 2.50 bits per heavy atom. The maximum Gasteiger partial charge on any atom is 0.356 e. The average Bonchev–Trinajstić information content (AvgIpc) is 2.49. The summed E-state index contributed by atoms with van der Waals surface area (Å²) in [6.07, 6.45) is 0. The summed E-state index contributed by atoms with van der Waals surface area (Å²) >= 11 is 0. The quantitative estimate of drug-likeness (QED) is 0.657. The highest BCUT2D eigenvalue weighted by molar-refractivity contribution is 6.04. The Balaban J connectivity index is 2.22. The van der Waals surface area contributed by atoms with Crippen LogP contribution in [0.3, 0.4) is 0 Å². The first kappa shape index (κ1) is 13.5. The number of phenols is 1. The first-order valence-electron chi connectivity index (χ1n) is 5.76. The monoisotopic (exact) mass is 272 g/mol. The minimum absolute atomic E-state index is 0.0393. The summed E-state index contributed by atoms with van der Waals surface area (Å²) in [5.74, 6) is -1.20. The third-order valence-corrected chi connectivity index (χ3v) is 2.53. The maximum absolute atomic E-state index is 12.0. The molecule has 0 saturated carbocycles. The number of rotatable bonds is 3. The summed E-state index contributed by atoms with van der Waals surface area (Å²) in [6, 6.07) is 10.8. The number of hydrogen-bond acceptors (Lipinski definition) is 5. The van der Waals surface area contributed by atoms with Crippen LogP contribution < -0.4 is 5.32 Å². The molecule has 2 N–H and O–H groups in total. The van der Waals surface area contributed by atoms with Gasteiger partial charge in [-0.2, -0.15) is 0 Å². The topological polar surface area (TPSA) is 88.5 Å². The highest BCUT2D eigenvalue weighted by atomic mass is 16.5. The van der Waals surface area contributed by atoms with Crippen molar-refractivity contribution in [3.05, 3.63) is 53.9 Å². The van der Waals surface area contributed by atoms with Crippen LogP contribution in [0.5, 0.6) is 5.75 Å². The third-order valence-electron chi connectivity index (χ3n) is 2.53. The standard InChI is InChI=1S/C14H12N2O4/c1-20-14(19)11-7-4-6-10(15-11)13(18)16-9-5-2-3-8-12(9)17/h2-8,17H,1H3,(H,16,18). The first-order chi connectivity index (χ1) is 9.61. The fourth-order valence-corrected chi connectivity index (χ4v) is 1.55. The predicted molar refractivity (Wildman–Crippen MR) is 71.6 cm³/mol. The molecule has 2 rings (SSSR count). The lowest BCUT2D eigenvalue weighted by Crippen LogP contribution is -2.16. The largest absolute Gasteiger partial charge is 0.506 e. The van der Waals surface area contributed by atoms with Gasteiger partial charge in [0.05, 0.1) is 12.8 Å². The summed E-state index contributed by atoms with van der Waals surface area (Å²) in [6.45, 7) is 0. The lowest BCUT2D eigenvalue weighted by Gasteiger charge is -2.07. The number of carbonyl (C=O) groups is 2. The molecule has 0 spiro atoms. The molecular formula is C14H12N2O4. The minimum atomic E-state index is -0.623. The number of nitrogens with one attached hydrogen (secondary N) is 1.